The molecule has 0 aliphatic rings. The summed E-state index contributed by atoms with van der Waals surface area (Å²) in [5, 5.41) is 35.7. The summed E-state index contributed by atoms with van der Waals surface area (Å²) < 4.78 is 0. The van der Waals surface area contributed by atoms with Gasteiger partial charge < -0.3 is 51.9 Å². The van der Waals surface area contributed by atoms with Crippen molar-refractivity contribution in [1.29, 1.82) is 0 Å². The van der Waals surface area contributed by atoms with Crippen LogP contribution in [0.15, 0.2) is 0 Å². The van der Waals surface area contributed by atoms with Crippen LogP contribution >= 0.6 is 0 Å². The molecule has 84 valence electrons. The van der Waals surface area contributed by atoms with Crippen LogP contribution in [0.3, 0.4) is 0 Å². The maximum Gasteiger partial charge on any atom is 2.00 e. The molecule has 11 heteroatoms. The second-order valence-corrected chi connectivity index (χ2v) is 1.15. The molecule has 0 aromatic rings. The van der Waals surface area contributed by atoms with Crippen LogP contribution in [0.1, 0.15) is 0 Å². The van der Waals surface area contributed by atoms with Gasteiger partial charge in [-0.15, -0.1) is 0 Å². The van der Waals surface area contributed by atoms with E-state index in [4.69, 9.17) is 39.6 Å². The van der Waals surface area contributed by atoms with E-state index in [1.54, 1.807) is 0 Å². The van der Waals surface area contributed by atoms with E-state index in [0.717, 1.165) is 0 Å². The van der Waals surface area contributed by atoms with E-state index in [9.17, 15) is 0 Å². The number of carbonyl (C=O) groups excluding carboxylic acids is 4. The third kappa shape index (κ3) is 32.4. The molecule has 0 amide bonds. The molecule has 0 heterocycles. The molecule has 0 saturated carbocycles. The van der Waals surface area contributed by atoms with Gasteiger partial charge in [0.15, 0.2) is 0 Å². The number of hydrogen-bond acceptors (Lipinski definition) is 8. The molecule has 0 aromatic carbocycles. The average molecular weight is 413 g/mol. The Morgan fingerprint density at radius 1 is 0.533 bits per heavy atom. The van der Waals surface area contributed by atoms with E-state index in [1.165, 1.54) is 0 Å². The zero-order valence-corrected chi connectivity index (χ0v) is 13.5. The Morgan fingerprint density at radius 3 is 0.600 bits per heavy atom. The molecule has 0 bridgehead atoms. The molecule has 0 aliphatic carbocycles. The second kappa shape index (κ2) is 15.2. The molecule has 0 rings (SSSR count). The van der Waals surface area contributed by atoms with Gasteiger partial charge in [-0.3, -0.25) is 0 Å². The number of rotatable bonds is 0. The molecular weight excluding hydrogens is 405 g/mol. The van der Waals surface area contributed by atoms with Crippen molar-refractivity contribution in [2.45, 2.75) is 0 Å². The van der Waals surface area contributed by atoms with Gasteiger partial charge in [-0.05, 0) is 0 Å². The van der Waals surface area contributed by atoms with E-state index in [2.05, 4.69) is 0 Å². The Hall–Kier alpha value is -1.26. The number of carboxylic acid groups (broad SMARTS) is 4. The summed E-state index contributed by atoms with van der Waals surface area (Å²) in [7, 11) is 0. The van der Waals surface area contributed by atoms with Gasteiger partial charge in [0.05, 0.1) is 23.9 Å². The van der Waals surface area contributed by atoms with Crippen molar-refractivity contribution in [2.75, 3.05) is 0 Å². The zero-order valence-electron chi connectivity index (χ0n) is 7.97. The summed E-state index contributed by atoms with van der Waals surface area (Å²) >= 11 is 0. The molecule has 0 spiro atoms. The van der Waals surface area contributed by atoms with Gasteiger partial charge in [0, 0.05) is 0 Å². The summed E-state index contributed by atoms with van der Waals surface area (Å²) in [6.07, 6.45) is 0. The number of quaternary nitrogens is 2. The molecule has 0 atom stereocenters. The third-order valence-electron chi connectivity index (χ3n) is 0.333. The van der Waals surface area contributed by atoms with E-state index >= 15 is 0 Å². The fourth-order valence-electron chi connectivity index (χ4n) is 0. The van der Waals surface area contributed by atoms with Crippen molar-refractivity contribution in [3.05, 3.63) is 0 Å². The normalized spacial score (nSPS) is 5.87. The molecule has 0 saturated heterocycles. The summed E-state index contributed by atoms with van der Waals surface area (Å²) in [5.41, 5.74) is 0. The minimum atomic E-state index is -2.19. The first kappa shape index (κ1) is 29.2. The summed E-state index contributed by atoms with van der Waals surface area (Å²) in [5.74, 6) is -8.74. The van der Waals surface area contributed by atoms with E-state index in [-0.39, 0.29) is 40.0 Å². The first-order valence-electron chi connectivity index (χ1n) is 2.13. The third-order valence-corrected chi connectivity index (χ3v) is 0.333. The fraction of sp³-hybridized carbons (Fsp3) is 0. The predicted molar refractivity (Wildman–Crippen MR) is 32.0 cm³/mol. The molecule has 10 nitrogen and oxygen atoms in total. The smallest absolute Gasteiger partial charge is 0.543 e. The first-order chi connectivity index (χ1) is 5.29. The van der Waals surface area contributed by atoms with Crippen LogP contribution in [0.2, 0.25) is 0 Å². The Kier molecular flexibility index (Phi) is 29.6. The molecule has 0 fully saturated rings. The molecule has 8 N–H and O–H groups in total. The van der Waals surface area contributed by atoms with Crippen molar-refractivity contribution in [1.82, 2.24) is 12.3 Å². The molecular formula is C4H8HgN2O8. The van der Waals surface area contributed by atoms with Crippen LogP contribution in [0.4, 0.5) is 0 Å². The number of aliphatic carboxylic acids is 4. The van der Waals surface area contributed by atoms with Crippen LogP contribution in [-0.4, -0.2) is 23.9 Å². The summed E-state index contributed by atoms with van der Waals surface area (Å²) in [4.78, 5) is 35.7. The van der Waals surface area contributed by atoms with Crippen molar-refractivity contribution >= 4 is 23.9 Å². The van der Waals surface area contributed by atoms with E-state index in [0.29, 0.717) is 0 Å². The van der Waals surface area contributed by atoms with Gasteiger partial charge >= 0.3 is 27.7 Å². The Morgan fingerprint density at radius 2 is 0.600 bits per heavy atom. The summed E-state index contributed by atoms with van der Waals surface area (Å²) in [6, 6.07) is 0. The van der Waals surface area contributed by atoms with Crippen molar-refractivity contribution in [3.8, 4) is 0 Å². The van der Waals surface area contributed by atoms with Crippen molar-refractivity contribution in [2.24, 2.45) is 0 Å². The van der Waals surface area contributed by atoms with Crippen LogP contribution in [-0.2, 0) is 46.8 Å². The summed E-state index contributed by atoms with van der Waals surface area (Å²) in [6.45, 7) is 0. The van der Waals surface area contributed by atoms with Crippen LogP contribution in [0.5, 0.6) is 0 Å². The first-order valence-corrected chi connectivity index (χ1v) is 2.13. The largest absolute Gasteiger partial charge is 2.00 e. The van der Waals surface area contributed by atoms with Gasteiger partial charge in [-0.2, -0.15) is 0 Å². The van der Waals surface area contributed by atoms with Crippen LogP contribution < -0.4 is 32.7 Å². The maximum absolute atomic E-state index is 8.93. The molecule has 0 aromatic heterocycles. The van der Waals surface area contributed by atoms with Crippen molar-refractivity contribution < 1.29 is 67.3 Å². The van der Waals surface area contributed by atoms with Crippen molar-refractivity contribution in [3.63, 3.8) is 0 Å². The van der Waals surface area contributed by atoms with Gasteiger partial charge in [0.25, 0.3) is 0 Å². The fourth-order valence-corrected chi connectivity index (χ4v) is 0. The number of carbonyl (C=O) groups is 4. The molecule has 0 aliphatic heterocycles. The molecule has 15 heavy (non-hydrogen) atoms. The van der Waals surface area contributed by atoms with Gasteiger partial charge in [-0.25, -0.2) is 0 Å². The Labute approximate surface area is 104 Å². The van der Waals surface area contributed by atoms with Crippen LogP contribution in [0.25, 0.3) is 0 Å². The minimum Gasteiger partial charge on any atom is -0.543 e. The van der Waals surface area contributed by atoms with Gasteiger partial charge in [0.2, 0.25) is 0 Å². The molecule has 0 unspecified atom stereocenters. The van der Waals surface area contributed by atoms with Gasteiger partial charge in [-0.1, -0.05) is 0 Å². The Balaban J connectivity index is -0.0000000370. The SMILES string of the molecule is O=C([O-])C(=O)[O-].O=C([O-])C(=O)[O-].[Hg+2].[NH4+].[NH4+]. The topological polar surface area (TPSA) is 234 Å². The minimum absolute atomic E-state index is 0. The van der Waals surface area contributed by atoms with Crippen LogP contribution in [0, 0.1) is 0 Å². The quantitative estimate of drug-likeness (QED) is 0.286. The second-order valence-electron chi connectivity index (χ2n) is 1.15. The number of hydrogen-bond donors (Lipinski definition) is 2. The zero-order chi connectivity index (χ0) is 10.3. The standard InChI is InChI=1S/2C2H2O4.Hg.2H3N/c2*3-1(4)2(5)6;;;/h2*(H,3,4)(H,5,6);;2*1H3/q;;+2;;/p-2. The number of carboxylic acids is 4. The average Bonchev–Trinajstić information content (AvgIpc) is 1.88. The monoisotopic (exact) mass is 414 g/mol. The predicted octanol–water partition coefficient (Wildman–Crippen LogP) is -6.28. The van der Waals surface area contributed by atoms with Gasteiger partial charge in [0.1, 0.15) is 0 Å². The Bertz CT molecular complexity index is 181. The van der Waals surface area contributed by atoms with E-state index < -0.39 is 23.9 Å². The maximum atomic E-state index is 8.93. The van der Waals surface area contributed by atoms with E-state index in [1.807, 2.05) is 0 Å². The molecule has 0 radical (unpaired) electrons.